The quantitative estimate of drug-likeness (QED) is 0.0494. The van der Waals surface area contributed by atoms with Crippen molar-refractivity contribution in [2.45, 2.75) is 244 Å². The molecule has 6 nitrogen and oxygen atoms in total. The van der Waals surface area contributed by atoms with Gasteiger partial charge in [0.15, 0.2) is 0 Å². The first-order chi connectivity index (χ1) is 23.5. The lowest BCUT2D eigenvalue weighted by molar-refractivity contribution is -0.145. The average molecular weight is 681 g/mol. The third-order valence-electron chi connectivity index (χ3n) is 9.83. The van der Waals surface area contributed by atoms with Gasteiger partial charge in [0.05, 0.1) is 13.2 Å². The first-order valence-corrected chi connectivity index (χ1v) is 21.3. The van der Waals surface area contributed by atoms with Gasteiger partial charge in [-0.15, -0.1) is 0 Å². The van der Waals surface area contributed by atoms with Gasteiger partial charge in [-0.1, -0.05) is 155 Å². The van der Waals surface area contributed by atoms with Gasteiger partial charge in [0.2, 0.25) is 0 Å². The monoisotopic (exact) mass is 681 g/mol. The summed E-state index contributed by atoms with van der Waals surface area (Å²) in [7, 11) is 0. The van der Waals surface area contributed by atoms with Crippen molar-refractivity contribution < 1.29 is 19.1 Å². The minimum absolute atomic E-state index is 0.0624. The summed E-state index contributed by atoms with van der Waals surface area (Å²) in [6.45, 7) is 5.53. The Morgan fingerprint density at radius 2 is 0.625 bits per heavy atom. The molecule has 0 radical (unpaired) electrons. The molecule has 48 heavy (non-hydrogen) atoms. The van der Waals surface area contributed by atoms with Crippen LogP contribution in [0.15, 0.2) is 0 Å². The van der Waals surface area contributed by atoms with Gasteiger partial charge in [-0.3, -0.25) is 9.59 Å². The Morgan fingerprint density at radius 1 is 0.375 bits per heavy atom. The van der Waals surface area contributed by atoms with Crippen LogP contribution in [-0.2, 0) is 19.1 Å². The number of ether oxygens (including phenoxy) is 2. The van der Waals surface area contributed by atoms with E-state index in [-0.39, 0.29) is 11.9 Å². The Labute approximate surface area is 299 Å². The fraction of sp³-hybridized carbons (Fsp3) is 0.952. The SMILES string of the molecule is CCCCCCCCC(N)CCCCCCCCC(=O)OCCCCCCOC(=O)CCCCCCCCC(N)CCCCCCCC. The molecule has 0 fully saturated rings. The van der Waals surface area contributed by atoms with Gasteiger partial charge >= 0.3 is 11.9 Å². The van der Waals surface area contributed by atoms with E-state index in [4.69, 9.17) is 20.9 Å². The van der Waals surface area contributed by atoms with E-state index < -0.39 is 0 Å². The van der Waals surface area contributed by atoms with E-state index in [1.807, 2.05) is 0 Å². The molecule has 0 aliphatic carbocycles. The second-order valence-electron chi connectivity index (χ2n) is 14.8. The van der Waals surface area contributed by atoms with Crippen molar-refractivity contribution in [1.29, 1.82) is 0 Å². The Kier molecular flexibility index (Phi) is 37.7. The fourth-order valence-corrected chi connectivity index (χ4v) is 6.50. The van der Waals surface area contributed by atoms with Crippen LogP contribution in [0.1, 0.15) is 232 Å². The molecule has 0 saturated carbocycles. The zero-order valence-electron chi connectivity index (χ0n) is 32.4. The molecule has 0 bridgehead atoms. The highest BCUT2D eigenvalue weighted by Gasteiger charge is 2.06. The molecule has 0 aliphatic rings. The van der Waals surface area contributed by atoms with Crippen molar-refractivity contribution in [3.63, 3.8) is 0 Å². The summed E-state index contributed by atoms with van der Waals surface area (Å²) in [5.41, 5.74) is 12.6. The van der Waals surface area contributed by atoms with Gasteiger partial charge in [0, 0.05) is 24.9 Å². The van der Waals surface area contributed by atoms with Crippen molar-refractivity contribution in [3.8, 4) is 0 Å². The third-order valence-corrected chi connectivity index (χ3v) is 9.83. The molecule has 0 aromatic heterocycles. The summed E-state index contributed by atoms with van der Waals surface area (Å²) >= 11 is 0. The van der Waals surface area contributed by atoms with E-state index in [9.17, 15) is 9.59 Å². The van der Waals surface area contributed by atoms with Crippen LogP contribution in [0.4, 0.5) is 0 Å². The second-order valence-corrected chi connectivity index (χ2v) is 14.8. The molecule has 286 valence electrons. The van der Waals surface area contributed by atoms with Crippen LogP contribution in [0.3, 0.4) is 0 Å². The summed E-state index contributed by atoms with van der Waals surface area (Å²) in [6, 6.07) is 0.757. The molecule has 0 heterocycles. The van der Waals surface area contributed by atoms with Crippen LogP contribution in [0.25, 0.3) is 0 Å². The molecular weight excluding hydrogens is 596 g/mol. The van der Waals surface area contributed by atoms with Crippen LogP contribution in [0.5, 0.6) is 0 Å². The maximum absolute atomic E-state index is 12.0. The normalized spacial score (nSPS) is 12.7. The minimum Gasteiger partial charge on any atom is -0.466 e. The number of esters is 2. The summed E-state index contributed by atoms with van der Waals surface area (Å²) in [4.78, 5) is 24.0. The molecule has 6 heteroatoms. The average Bonchev–Trinajstić information content (AvgIpc) is 3.07. The number of hydrogen-bond donors (Lipinski definition) is 2. The van der Waals surface area contributed by atoms with E-state index in [0.717, 1.165) is 64.2 Å². The highest BCUT2D eigenvalue weighted by Crippen LogP contribution is 2.15. The highest BCUT2D eigenvalue weighted by atomic mass is 16.5. The van der Waals surface area contributed by atoms with E-state index in [0.29, 0.717) is 38.1 Å². The van der Waals surface area contributed by atoms with Crippen molar-refractivity contribution in [2.24, 2.45) is 11.5 Å². The largest absolute Gasteiger partial charge is 0.466 e. The molecule has 0 aromatic carbocycles. The number of nitrogens with two attached hydrogens (primary N) is 2. The lowest BCUT2D eigenvalue weighted by Crippen LogP contribution is -2.19. The Hall–Kier alpha value is -1.14. The molecule has 0 aliphatic heterocycles. The molecule has 2 unspecified atom stereocenters. The second kappa shape index (κ2) is 38.7. The lowest BCUT2D eigenvalue weighted by Gasteiger charge is -2.11. The molecule has 0 rings (SSSR count). The van der Waals surface area contributed by atoms with Crippen molar-refractivity contribution >= 4 is 11.9 Å². The number of unbranched alkanes of at least 4 members (excludes halogenated alkanes) is 23. The molecule has 0 amide bonds. The zero-order chi connectivity index (χ0) is 35.2. The number of hydrogen-bond acceptors (Lipinski definition) is 6. The van der Waals surface area contributed by atoms with Crippen molar-refractivity contribution in [1.82, 2.24) is 0 Å². The molecule has 0 aromatic rings. The summed E-state index contributed by atoms with van der Waals surface area (Å²) in [5.74, 6) is -0.125. The third kappa shape index (κ3) is 37.7. The van der Waals surface area contributed by atoms with Gasteiger partial charge in [-0.05, 0) is 64.2 Å². The maximum atomic E-state index is 12.0. The maximum Gasteiger partial charge on any atom is 0.305 e. The topological polar surface area (TPSA) is 105 Å². The van der Waals surface area contributed by atoms with Gasteiger partial charge in [0.25, 0.3) is 0 Å². The van der Waals surface area contributed by atoms with Crippen LogP contribution in [0.2, 0.25) is 0 Å². The number of rotatable bonds is 39. The predicted molar refractivity (Wildman–Crippen MR) is 206 cm³/mol. The molecular formula is C42H84N2O4. The highest BCUT2D eigenvalue weighted by molar-refractivity contribution is 5.69. The van der Waals surface area contributed by atoms with E-state index in [1.54, 1.807) is 0 Å². The molecule has 0 saturated heterocycles. The van der Waals surface area contributed by atoms with Crippen molar-refractivity contribution in [3.05, 3.63) is 0 Å². The first-order valence-electron chi connectivity index (χ1n) is 21.3. The Morgan fingerprint density at radius 3 is 0.938 bits per heavy atom. The summed E-state index contributed by atoms with van der Waals surface area (Å²) < 4.78 is 10.8. The van der Waals surface area contributed by atoms with Gasteiger partial charge in [-0.25, -0.2) is 0 Å². The first kappa shape index (κ1) is 46.9. The Bertz CT molecular complexity index is 618. The smallest absolute Gasteiger partial charge is 0.305 e. The van der Waals surface area contributed by atoms with E-state index in [2.05, 4.69) is 13.8 Å². The van der Waals surface area contributed by atoms with Gasteiger partial charge in [0.1, 0.15) is 0 Å². The van der Waals surface area contributed by atoms with E-state index >= 15 is 0 Å². The lowest BCUT2D eigenvalue weighted by atomic mass is 10.0. The van der Waals surface area contributed by atoms with Crippen LogP contribution >= 0.6 is 0 Å². The zero-order valence-corrected chi connectivity index (χ0v) is 32.4. The molecule has 4 N–H and O–H groups in total. The summed E-state index contributed by atoms with van der Waals surface area (Å²) in [5, 5.41) is 0. The molecule has 0 spiro atoms. The van der Waals surface area contributed by atoms with Crippen LogP contribution in [0, 0.1) is 0 Å². The number of carbonyl (C=O) groups is 2. The minimum atomic E-state index is -0.0624. The van der Waals surface area contributed by atoms with Crippen molar-refractivity contribution in [2.75, 3.05) is 13.2 Å². The van der Waals surface area contributed by atoms with E-state index in [1.165, 1.54) is 141 Å². The van der Waals surface area contributed by atoms with Crippen LogP contribution in [-0.4, -0.2) is 37.2 Å². The summed E-state index contributed by atoms with van der Waals surface area (Å²) in [6.07, 6.45) is 39.5. The molecule has 2 atom stereocenters. The Balaban J connectivity index is 3.34. The van der Waals surface area contributed by atoms with Crippen LogP contribution < -0.4 is 11.5 Å². The standard InChI is InChI=1S/C42H84N2O4/c1-3-5-7-9-15-23-31-39(43)33-25-17-11-13-19-27-35-41(45)47-37-29-21-22-30-38-48-42(46)36-28-20-14-12-18-26-34-40(44)32-24-16-10-8-6-4-2/h39-40H,3-38,43-44H2,1-2H3. The predicted octanol–water partition coefficient (Wildman–Crippen LogP) is 12.0. The van der Waals surface area contributed by atoms with Gasteiger partial charge in [-0.2, -0.15) is 0 Å². The fourth-order valence-electron chi connectivity index (χ4n) is 6.50. The number of carbonyl (C=O) groups excluding carboxylic acids is 2. The van der Waals surface area contributed by atoms with Gasteiger partial charge < -0.3 is 20.9 Å².